The highest BCUT2D eigenvalue weighted by Gasteiger charge is 2.30. The van der Waals surface area contributed by atoms with Crippen molar-refractivity contribution in [3.05, 3.63) is 0 Å². The third-order valence-electron chi connectivity index (χ3n) is 5.76. The first-order valence-electron chi connectivity index (χ1n) is 9.08. The van der Waals surface area contributed by atoms with Gasteiger partial charge in [0.1, 0.15) is 0 Å². The first kappa shape index (κ1) is 16.1. The van der Waals surface area contributed by atoms with Gasteiger partial charge in [0.25, 0.3) is 0 Å². The Bertz CT molecular complexity index is 355. The van der Waals surface area contributed by atoms with E-state index in [9.17, 15) is 4.79 Å². The Morgan fingerprint density at radius 2 is 1.59 bits per heavy atom. The van der Waals surface area contributed by atoms with Crippen molar-refractivity contribution < 1.29 is 9.53 Å². The summed E-state index contributed by atoms with van der Waals surface area (Å²) >= 11 is 0. The first-order chi connectivity index (χ1) is 10.8. The van der Waals surface area contributed by atoms with Crippen molar-refractivity contribution in [3.63, 3.8) is 0 Å². The monoisotopic (exact) mass is 309 g/mol. The molecule has 3 fully saturated rings. The fourth-order valence-corrected chi connectivity index (χ4v) is 4.25. The van der Waals surface area contributed by atoms with Crippen molar-refractivity contribution in [1.82, 2.24) is 15.1 Å². The van der Waals surface area contributed by atoms with Crippen LogP contribution in [-0.2, 0) is 4.74 Å². The number of methoxy groups -OCH3 is 1. The van der Waals surface area contributed by atoms with E-state index in [1.54, 1.807) is 0 Å². The number of carbonyl (C=O) groups is 1. The second-order valence-electron chi connectivity index (χ2n) is 7.12. The van der Waals surface area contributed by atoms with Crippen LogP contribution in [0, 0.1) is 0 Å². The highest BCUT2D eigenvalue weighted by molar-refractivity contribution is 5.74. The highest BCUT2D eigenvalue weighted by Crippen LogP contribution is 2.23. The predicted octanol–water partition coefficient (Wildman–Crippen LogP) is 2.21. The van der Waals surface area contributed by atoms with Crippen molar-refractivity contribution >= 4 is 6.03 Å². The molecule has 5 nitrogen and oxygen atoms in total. The second-order valence-corrected chi connectivity index (χ2v) is 7.12. The van der Waals surface area contributed by atoms with E-state index in [1.165, 1.54) is 12.8 Å². The maximum absolute atomic E-state index is 12.3. The van der Waals surface area contributed by atoms with Gasteiger partial charge in [-0.05, 0) is 38.5 Å². The van der Waals surface area contributed by atoms with E-state index < -0.39 is 0 Å². The van der Waals surface area contributed by atoms with E-state index in [4.69, 9.17) is 4.74 Å². The Kier molecular flexibility index (Phi) is 5.58. The van der Waals surface area contributed by atoms with Gasteiger partial charge in [-0.2, -0.15) is 0 Å². The van der Waals surface area contributed by atoms with Gasteiger partial charge in [-0.1, -0.05) is 12.8 Å². The zero-order chi connectivity index (χ0) is 15.4. The zero-order valence-electron chi connectivity index (χ0n) is 13.9. The van der Waals surface area contributed by atoms with E-state index >= 15 is 0 Å². The van der Waals surface area contributed by atoms with Crippen LogP contribution in [0.1, 0.15) is 51.4 Å². The number of urea groups is 1. The van der Waals surface area contributed by atoms with Crippen LogP contribution in [-0.4, -0.2) is 67.3 Å². The second kappa shape index (κ2) is 7.64. The SMILES string of the molecule is COC1CCN(C2CCN(C(=O)NC3CCCC3)CC2)CC1. The minimum absolute atomic E-state index is 0.170. The average molecular weight is 309 g/mol. The van der Waals surface area contributed by atoms with Gasteiger partial charge in [-0.15, -0.1) is 0 Å². The minimum atomic E-state index is 0.170. The molecule has 1 aliphatic carbocycles. The summed E-state index contributed by atoms with van der Waals surface area (Å²) in [4.78, 5) is 16.9. The third-order valence-corrected chi connectivity index (χ3v) is 5.76. The molecule has 5 heteroatoms. The maximum Gasteiger partial charge on any atom is 0.317 e. The molecule has 0 atom stereocenters. The zero-order valence-corrected chi connectivity index (χ0v) is 13.9. The summed E-state index contributed by atoms with van der Waals surface area (Å²) in [5.41, 5.74) is 0. The lowest BCUT2D eigenvalue weighted by Gasteiger charge is -2.41. The summed E-state index contributed by atoms with van der Waals surface area (Å²) < 4.78 is 5.45. The van der Waals surface area contributed by atoms with Crippen LogP contribution < -0.4 is 5.32 Å². The van der Waals surface area contributed by atoms with Crippen LogP contribution in [0.2, 0.25) is 0 Å². The molecule has 2 aliphatic heterocycles. The molecule has 3 rings (SSSR count). The maximum atomic E-state index is 12.3. The summed E-state index contributed by atoms with van der Waals surface area (Å²) in [5, 5.41) is 3.21. The van der Waals surface area contributed by atoms with Crippen LogP contribution in [0.4, 0.5) is 4.79 Å². The van der Waals surface area contributed by atoms with Gasteiger partial charge in [-0.3, -0.25) is 0 Å². The van der Waals surface area contributed by atoms with Crippen LogP contribution in [0.5, 0.6) is 0 Å². The Morgan fingerprint density at radius 1 is 0.955 bits per heavy atom. The lowest BCUT2D eigenvalue weighted by molar-refractivity contribution is 0.0169. The Morgan fingerprint density at radius 3 is 2.18 bits per heavy atom. The Balaban J connectivity index is 1.39. The van der Waals surface area contributed by atoms with Gasteiger partial charge < -0.3 is 19.9 Å². The first-order valence-corrected chi connectivity index (χ1v) is 9.08. The van der Waals surface area contributed by atoms with Crippen molar-refractivity contribution in [3.8, 4) is 0 Å². The number of nitrogens with one attached hydrogen (secondary N) is 1. The van der Waals surface area contributed by atoms with E-state index in [2.05, 4.69) is 10.2 Å². The summed E-state index contributed by atoms with van der Waals surface area (Å²) in [6, 6.07) is 1.26. The number of ether oxygens (including phenoxy) is 1. The number of hydrogen-bond donors (Lipinski definition) is 1. The molecule has 2 heterocycles. The van der Waals surface area contributed by atoms with Gasteiger partial charge in [0.2, 0.25) is 0 Å². The Hall–Kier alpha value is -0.810. The lowest BCUT2D eigenvalue weighted by atomic mass is 9.99. The van der Waals surface area contributed by atoms with Crippen LogP contribution in [0.3, 0.4) is 0 Å². The summed E-state index contributed by atoms with van der Waals surface area (Å²) in [7, 11) is 1.82. The van der Waals surface area contributed by atoms with E-state index in [1.807, 2.05) is 12.0 Å². The van der Waals surface area contributed by atoms with E-state index in [-0.39, 0.29) is 6.03 Å². The molecule has 126 valence electrons. The van der Waals surface area contributed by atoms with E-state index in [0.29, 0.717) is 18.2 Å². The van der Waals surface area contributed by atoms with Crippen molar-refractivity contribution in [1.29, 1.82) is 0 Å². The standard InChI is InChI=1S/C17H31N3O2/c1-22-16-8-12-19(13-9-16)15-6-10-20(11-7-15)17(21)18-14-4-2-3-5-14/h14-16H,2-13H2,1H3,(H,18,21). The molecule has 0 unspecified atom stereocenters. The fraction of sp³-hybridized carbons (Fsp3) is 0.941. The minimum Gasteiger partial charge on any atom is -0.381 e. The smallest absolute Gasteiger partial charge is 0.317 e. The number of carbonyl (C=O) groups excluding carboxylic acids is 1. The third kappa shape index (κ3) is 3.93. The number of nitrogens with zero attached hydrogens (tertiary/aromatic N) is 2. The molecule has 0 bridgehead atoms. The lowest BCUT2D eigenvalue weighted by Crippen LogP contribution is -2.52. The molecular formula is C17H31N3O2. The molecule has 3 aliphatic rings. The summed E-state index contributed by atoms with van der Waals surface area (Å²) in [5.74, 6) is 0. The largest absolute Gasteiger partial charge is 0.381 e. The summed E-state index contributed by atoms with van der Waals surface area (Å²) in [6.07, 6.45) is 9.86. The van der Waals surface area contributed by atoms with Crippen LogP contribution in [0.25, 0.3) is 0 Å². The van der Waals surface area contributed by atoms with Crippen molar-refractivity contribution in [2.24, 2.45) is 0 Å². The molecule has 0 spiro atoms. The van der Waals surface area contributed by atoms with E-state index in [0.717, 1.165) is 64.7 Å². The predicted molar refractivity (Wildman–Crippen MR) is 87.0 cm³/mol. The van der Waals surface area contributed by atoms with Gasteiger partial charge in [-0.25, -0.2) is 4.79 Å². The number of piperidine rings is 2. The molecule has 22 heavy (non-hydrogen) atoms. The number of amides is 2. The Labute approximate surface area is 134 Å². The average Bonchev–Trinajstić information content (AvgIpc) is 3.08. The quantitative estimate of drug-likeness (QED) is 0.869. The van der Waals surface area contributed by atoms with Gasteiger partial charge in [0, 0.05) is 45.4 Å². The molecule has 0 aromatic rings. The molecular weight excluding hydrogens is 278 g/mol. The van der Waals surface area contributed by atoms with Gasteiger partial charge in [0.05, 0.1) is 6.10 Å². The molecule has 0 radical (unpaired) electrons. The normalized spacial score (nSPS) is 26.5. The van der Waals surface area contributed by atoms with Crippen molar-refractivity contribution in [2.75, 3.05) is 33.3 Å². The van der Waals surface area contributed by atoms with Gasteiger partial charge >= 0.3 is 6.03 Å². The topological polar surface area (TPSA) is 44.8 Å². The fourth-order valence-electron chi connectivity index (χ4n) is 4.25. The molecule has 0 aromatic heterocycles. The van der Waals surface area contributed by atoms with Crippen molar-refractivity contribution in [2.45, 2.75) is 69.6 Å². The number of rotatable bonds is 3. The van der Waals surface area contributed by atoms with Crippen LogP contribution in [0.15, 0.2) is 0 Å². The highest BCUT2D eigenvalue weighted by atomic mass is 16.5. The number of likely N-dealkylation sites (tertiary alicyclic amines) is 2. The summed E-state index contributed by atoms with van der Waals surface area (Å²) in [6.45, 7) is 4.12. The van der Waals surface area contributed by atoms with Gasteiger partial charge in [0.15, 0.2) is 0 Å². The molecule has 2 amide bonds. The number of hydrogen-bond acceptors (Lipinski definition) is 3. The molecule has 1 saturated carbocycles. The molecule has 0 aromatic carbocycles. The van der Waals surface area contributed by atoms with Crippen LogP contribution >= 0.6 is 0 Å². The molecule has 1 N–H and O–H groups in total. The molecule has 2 saturated heterocycles.